The normalized spacial score (nSPS) is 14.7. The molecular formula is C12H26N2OS. The van der Waals surface area contributed by atoms with Crippen LogP contribution in [0.3, 0.4) is 0 Å². The summed E-state index contributed by atoms with van der Waals surface area (Å²) in [5.41, 5.74) is 4.95. The SMILES string of the molecule is CSC(C)CCNC(=O)C(C)(C)C(C)(C)N. The molecule has 4 heteroatoms. The van der Waals surface area contributed by atoms with Gasteiger partial charge in [-0.25, -0.2) is 0 Å². The monoisotopic (exact) mass is 246 g/mol. The predicted octanol–water partition coefficient (Wildman–Crippen LogP) is 2.01. The van der Waals surface area contributed by atoms with Crippen molar-refractivity contribution in [2.75, 3.05) is 12.8 Å². The Kier molecular flexibility index (Phi) is 5.84. The number of nitrogens with one attached hydrogen (secondary N) is 1. The van der Waals surface area contributed by atoms with E-state index in [9.17, 15) is 4.79 Å². The van der Waals surface area contributed by atoms with E-state index in [1.807, 2.05) is 39.5 Å². The Labute approximate surface area is 104 Å². The van der Waals surface area contributed by atoms with Gasteiger partial charge in [-0.1, -0.05) is 6.92 Å². The number of thioether (sulfide) groups is 1. The molecule has 0 spiro atoms. The highest BCUT2D eigenvalue weighted by atomic mass is 32.2. The maximum absolute atomic E-state index is 12.0. The zero-order valence-electron chi connectivity index (χ0n) is 11.4. The van der Waals surface area contributed by atoms with Crippen molar-refractivity contribution in [3.8, 4) is 0 Å². The van der Waals surface area contributed by atoms with Crippen LogP contribution in [-0.4, -0.2) is 29.5 Å². The highest BCUT2D eigenvalue weighted by molar-refractivity contribution is 7.99. The molecular weight excluding hydrogens is 220 g/mol. The van der Waals surface area contributed by atoms with Gasteiger partial charge in [0.05, 0.1) is 5.41 Å². The topological polar surface area (TPSA) is 55.1 Å². The van der Waals surface area contributed by atoms with E-state index in [-0.39, 0.29) is 5.91 Å². The molecule has 1 unspecified atom stereocenters. The molecule has 3 nitrogen and oxygen atoms in total. The van der Waals surface area contributed by atoms with Gasteiger partial charge in [0.15, 0.2) is 0 Å². The average molecular weight is 246 g/mol. The lowest BCUT2D eigenvalue weighted by Crippen LogP contribution is -2.55. The smallest absolute Gasteiger partial charge is 0.227 e. The minimum atomic E-state index is -0.546. The molecule has 0 aliphatic rings. The summed E-state index contributed by atoms with van der Waals surface area (Å²) in [6.07, 6.45) is 3.08. The number of rotatable bonds is 6. The molecule has 1 atom stereocenters. The van der Waals surface area contributed by atoms with Crippen molar-refractivity contribution < 1.29 is 4.79 Å². The fourth-order valence-corrected chi connectivity index (χ4v) is 1.37. The van der Waals surface area contributed by atoms with Gasteiger partial charge in [0.2, 0.25) is 5.91 Å². The van der Waals surface area contributed by atoms with Gasteiger partial charge in [0.1, 0.15) is 0 Å². The number of nitrogens with two attached hydrogens (primary N) is 1. The van der Waals surface area contributed by atoms with Crippen molar-refractivity contribution in [3.05, 3.63) is 0 Å². The Morgan fingerprint density at radius 3 is 2.25 bits per heavy atom. The first-order chi connectivity index (χ1) is 7.13. The summed E-state index contributed by atoms with van der Waals surface area (Å²) in [6, 6.07) is 0. The Balaban J connectivity index is 4.17. The first-order valence-corrected chi connectivity index (χ1v) is 7.01. The highest BCUT2D eigenvalue weighted by Crippen LogP contribution is 2.28. The first kappa shape index (κ1) is 15.8. The molecule has 0 bridgehead atoms. The minimum absolute atomic E-state index is 0.0355. The van der Waals surface area contributed by atoms with E-state index in [1.165, 1.54) is 0 Å². The zero-order chi connectivity index (χ0) is 13.0. The number of amides is 1. The lowest BCUT2D eigenvalue weighted by molar-refractivity contribution is -0.132. The second-order valence-corrected chi connectivity index (χ2v) is 6.71. The fraction of sp³-hybridized carbons (Fsp3) is 0.917. The van der Waals surface area contributed by atoms with Crippen LogP contribution in [0.15, 0.2) is 0 Å². The minimum Gasteiger partial charge on any atom is -0.356 e. The Hall–Kier alpha value is -0.220. The first-order valence-electron chi connectivity index (χ1n) is 5.73. The van der Waals surface area contributed by atoms with E-state index in [4.69, 9.17) is 5.73 Å². The van der Waals surface area contributed by atoms with Crippen LogP contribution in [0.2, 0.25) is 0 Å². The molecule has 0 rings (SSSR count). The number of hydrogen-bond donors (Lipinski definition) is 2. The highest BCUT2D eigenvalue weighted by Gasteiger charge is 2.40. The number of carbonyl (C=O) groups excluding carboxylic acids is 1. The summed E-state index contributed by atoms with van der Waals surface area (Å²) in [7, 11) is 0. The molecule has 1 amide bonds. The van der Waals surface area contributed by atoms with Crippen LogP contribution >= 0.6 is 11.8 Å². The molecule has 0 heterocycles. The molecule has 16 heavy (non-hydrogen) atoms. The van der Waals surface area contributed by atoms with E-state index >= 15 is 0 Å². The number of hydrogen-bond acceptors (Lipinski definition) is 3. The molecule has 0 aromatic carbocycles. The Bertz CT molecular complexity index is 234. The number of carbonyl (C=O) groups is 1. The third-order valence-corrected chi connectivity index (χ3v) is 4.46. The van der Waals surface area contributed by atoms with Crippen LogP contribution < -0.4 is 11.1 Å². The van der Waals surface area contributed by atoms with Gasteiger partial charge in [0.25, 0.3) is 0 Å². The fourth-order valence-electron chi connectivity index (χ4n) is 1.02. The summed E-state index contributed by atoms with van der Waals surface area (Å²) in [4.78, 5) is 12.0. The molecule has 0 fully saturated rings. The molecule has 0 saturated carbocycles. The summed E-state index contributed by atoms with van der Waals surface area (Å²) in [6.45, 7) is 10.4. The van der Waals surface area contributed by atoms with Crippen molar-refractivity contribution >= 4 is 17.7 Å². The lowest BCUT2D eigenvalue weighted by atomic mass is 9.74. The van der Waals surface area contributed by atoms with Crippen LogP contribution in [0.25, 0.3) is 0 Å². The van der Waals surface area contributed by atoms with E-state index in [0.29, 0.717) is 5.25 Å². The van der Waals surface area contributed by atoms with Crippen molar-refractivity contribution in [2.45, 2.75) is 51.8 Å². The van der Waals surface area contributed by atoms with E-state index in [1.54, 1.807) is 0 Å². The van der Waals surface area contributed by atoms with E-state index < -0.39 is 11.0 Å². The maximum atomic E-state index is 12.0. The summed E-state index contributed by atoms with van der Waals surface area (Å²) >= 11 is 1.81. The Morgan fingerprint density at radius 2 is 1.88 bits per heavy atom. The van der Waals surface area contributed by atoms with Crippen LogP contribution in [0, 0.1) is 5.41 Å². The van der Waals surface area contributed by atoms with Gasteiger partial charge in [-0.15, -0.1) is 0 Å². The van der Waals surface area contributed by atoms with Crippen LogP contribution in [0.5, 0.6) is 0 Å². The quantitative estimate of drug-likeness (QED) is 0.754. The second kappa shape index (κ2) is 5.92. The van der Waals surface area contributed by atoms with Gasteiger partial charge in [-0.2, -0.15) is 11.8 Å². The molecule has 96 valence electrons. The van der Waals surface area contributed by atoms with Crippen molar-refractivity contribution in [3.63, 3.8) is 0 Å². The molecule has 0 aromatic heterocycles. The van der Waals surface area contributed by atoms with Gasteiger partial charge >= 0.3 is 0 Å². The van der Waals surface area contributed by atoms with E-state index in [2.05, 4.69) is 18.5 Å². The third-order valence-electron chi connectivity index (χ3n) is 3.42. The van der Waals surface area contributed by atoms with Gasteiger partial charge in [-0.05, 0) is 40.4 Å². The van der Waals surface area contributed by atoms with Crippen molar-refractivity contribution in [1.29, 1.82) is 0 Å². The van der Waals surface area contributed by atoms with Crippen LogP contribution in [0.4, 0.5) is 0 Å². The van der Waals surface area contributed by atoms with E-state index in [0.717, 1.165) is 13.0 Å². The molecule has 0 radical (unpaired) electrons. The molecule has 0 saturated heterocycles. The largest absolute Gasteiger partial charge is 0.356 e. The lowest BCUT2D eigenvalue weighted by Gasteiger charge is -2.37. The molecule has 0 aliphatic heterocycles. The Morgan fingerprint density at radius 1 is 1.38 bits per heavy atom. The molecule has 0 aliphatic carbocycles. The second-order valence-electron chi connectivity index (χ2n) is 5.44. The van der Waals surface area contributed by atoms with Crippen molar-refractivity contribution in [2.24, 2.45) is 11.1 Å². The zero-order valence-corrected chi connectivity index (χ0v) is 12.2. The predicted molar refractivity (Wildman–Crippen MR) is 72.7 cm³/mol. The summed E-state index contributed by atoms with van der Waals surface area (Å²) in [5, 5.41) is 3.54. The standard InChI is InChI=1S/C12H26N2OS/c1-9(16-6)7-8-14-10(15)11(2,3)12(4,5)13/h9H,7-8,13H2,1-6H3,(H,14,15). The van der Waals surface area contributed by atoms with Crippen LogP contribution in [0.1, 0.15) is 41.0 Å². The molecule has 0 aromatic rings. The average Bonchev–Trinajstić information content (AvgIpc) is 2.15. The molecule has 3 N–H and O–H groups in total. The van der Waals surface area contributed by atoms with Gasteiger partial charge < -0.3 is 11.1 Å². The third kappa shape index (κ3) is 4.34. The maximum Gasteiger partial charge on any atom is 0.227 e. The van der Waals surface area contributed by atoms with Crippen LogP contribution in [-0.2, 0) is 4.79 Å². The van der Waals surface area contributed by atoms with Crippen molar-refractivity contribution in [1.82, 2.24) is 5.32 Å². The summed E-state index contributed by atoms with van der Waals surface area (Å²) in [5.74, 6) is 0.0355. The summed E-state index contributed by atoms with van der Waals surface area (Å²) < 4.78 is 0. The van der Waals surface area contributed by atoms with Gasteiger partial charge in [-0.3, -0.25) is 4.79 Å². The van der Waals surface area contributed by atoms with Gasteiger partial charge in [0, 0.05) is 17.3 Å².